The number of amides is 1. The summed E-state index contributed by atoms with van der Waals surface area (Å²) in [5.74, 6) is 3.27. The number of carbonyl (C=O) groups excluding carboxylic acids is 2. The average molecular weight is 495 g/mol. The number of benzene rings is 2. The van der Waals surface area contributed by atoms with Crippen molar-refractivity contribution in [2.24, 2.45) is 5.92 Å². The summed E-state index contributed by atoms with van der Waals surface area (Å²) in [6.45, 7) is 0. The number of fused-ring (bicyclic) bond motifs is 4. The molecule has 3 aliphatic rings. The number of carbonyl (C=O) groups is 2. The van der Waals surface area contributed by atoms with Crippen LogP contribution in [0, 0.1) is 5.92 Å². The fourth-order valence-corrected chi connectivity index (χ4v) is 5.27. The van der Waals surface area contributed by atoms with E-state index in [2.05, 4.69) is 10.3 Å². The number of nitrogens with zero attached hydrogens (tertiary/aromatic N) is 1. The first-order chi connectivity index (χ1) is 16.5. The highest BCUT2D eigenvalue weighted by Crippen LogP contribution is 2.60. The maximum absolute atomic E-state index is 12.7. The van der Waals surface area contributed by atoms with Crippen LogP contribution in [-0.2, 0) is 22.4 Å². The van der Waals surface area contributed by atoms with Crippen molar-refractivity contribution in [3.8, 4) is 17.2 Å². The number of rotatable bonds is 6. The van der Waals surface area contributed by atoms with Gasteiger partial charge in [-0.05, 0) is 48.4 Å². The number of hydrogen-bond acceptors (Lipinski definition) is 5. The second kappa shape index (κ2) is 8.29. The molecule has 2 aliphatic heterocycles. The highest BCUT2D eigenvalue weighted by atomic mass is 35.5. The first-order valence-electron chi connectivity index (χ1n) is 11.2. The molecule has 6 nitrogen and oxygen atoms in total. The molecule has 3 heterocycles. The number of anilines is 1. The van der Waals surface area contributed by atoms with E-state index in [1.54, 1.807) is 18.3 Å². The highest BCUT2D eigenvalue weighted by Gasteiger charge is 2.59. The number of nitrogens with one attached hydrogen (secondary N) is 1. The lowest BCUT2D eigenvalue weighted by atomic mass is 10.0. The minimum atomic E-state index is -0.0358. The molecule has 6 rings (SSSR count). The number of ketones is 1. The molecule has 0 spiro atoms. The lowest BCUT2D eigenvalue weighted by Crippen LogP contribution is -2.20. The molecule has 2 aromatic carbocycles. The van der Waals surface area contributed by atoms with Gasteiger partial charge in [-0.3, -0.25) is 9.59 Å². The molecule has 0 bridgehead atoms. The summed E-state index contributed by atoms with van der Waals surface area (Å²) in [7, 11) is 0. The van der Waals surface area contributed by atoms with Gasteiger partial charge >= 0.3 is 0 Å². The molecule has 0 radical (unpaired) electrons. The molecule has 34 heavy (non-hydrogen) atoms. The van der Waals surface area contributed by atoms with Gasteiger partial charge in [-0.25, -0.2) is 4.98 Å². The van der Waals surface area contributed by atoms with E-state index in [4.69, 9.17) is 32.7 Å². The van der Waals surface area contributed by atoms with Crippen LogP contribution in [0.3, 0.4) is 0 Å². The second-order valence-electron chi connectivity index (χ2n) is 8.93. The monoisotopic (exact) mass is 494 g/mol. The lowest BCUT2D eigenvalue weighted by molar-refractivity contribution is -0.119. The summed E-state index contributed by atoms with van der Waals surface area (Å²) < 4.78 is 12.3. The number of hydrogen-bond donors (Lipinski definition) is 1. The Morgan fingerprint density at radius 2 is 2.00 bits per heavy atom. The molecule has 3 atom stereocenters. The predicted molar refractivity (Wildman–Crippen MR) is 128 cm³/mol. The zero-order chi connectivity index (χ0) is 23.4. The number of ether oxygens (including phenoxy) is 2. The van der Waals surface area contributed by atoms with E-state index in [1.165, 1.54) is 0 Å². The molecule has 1 N–H and O–H groups in total. The van der Waals surface area contributed by atoms with Gasteiger partial charge in [0.15, 0.2) is 0 Å². The highest BCUT2D eigenvalue weighted by molar-refractivity contribution is 6.42. The van der Waals surface area contributed by atoms with Gasteiger partial charge in [0.25, 0.3) is 0 Å². The van der Waals surface area contributed by atoms with Crippen molar-refractivity contribution in [3.63, 3.8) is 0 Å². The molecule has 0 unspecified atom stereocenters. The van der Waals surface area contributed by atoms with Crippen LogP contribution in [-0.4, -0.2) is 22.8 Å². The van der Waals surface area contributed by atoms with Crippen molar-refractivity contribution >= 4 is 40.7 Å². The Labute approximate surface area is 206 Å². The molecule has 172 valence electrons. The topological polar surface area (TPSA) is 77.5 Å². The molecular weight excluding hydrogens is 475 g/mol. The van der Waals surface area contributed by atoms with Crippen LogP contribution >= 0.6 is 23.2 Å². The van der Waals surface area contributed by atoms with Gasteiger partial charge < -0.3 is 14.8 Å². The van der Waals surface area contributed by atoms with Crippen LogP contribution in [0.5, 0.6) is 17.2 Å². The third kappa shape index (κ3) is 3.91. The Bertz CT molecular complexity index is 1340. The minimum Gasteiger partial charge on any atom is -0.489 e. The maximum Gasteiger partial charge on any atom is 0.225 e. The van der Waals surface area contributed by atoms with Crippen LogP contribution in [0.1, 0.15) is 35.4 Å². The van der Waals surface area contributed by atoms with Crippen LogP contribution < -0.4 is 14.8 Å². The van der Waals surface area contributed by atoms with Gasteiger partial charge in [0, 0.05) is 48.4 Å². The van der Waals surface area contributed by atoms with Crippen LogP contribution in [0.2, 0.25) is 10.0 Å². The summed E-state index contributed by atoms with van der Waals surface area (Å²) in [4.78, 5) is 28.6. The quantitative estimate of drug-likeness (QED) is 0.472. The van der Waals surface area contributed by atoms with E-state index in [9.17, 15) is 9.59 Å². The number of aromatic nitrogens is 1. The van der Waals surface area contributed by atoms with Gasteiger partial charge in [-0.2, -0.15) is 0 Å². The van der Waals surface area contributed by atoms with E-state index in [0.717, 1.165) is 22.4 Å². The standard InChI is InChI=1S/C26H20Cl2N2O4/c27-19-4-1-13(10-20(19)28)9-14(31)11-18-24-17-12-15(2-5-21(17)34-25(18)24)33-22-7-8-29-26-16(22)3-6-23(32)30-26/h1-2,4-5,7-8,10,12,18,24-25H,3,6,9,11H2,(H,29,30,32)/t18-,24-,25+/m0/s1. The van der Waals surface area contributed by atoms with E-state index in [-0.39, 0.29) is 29.6 Å². The number of Topliss-reactive ketones (excluding diaryl/α,β-unsaturated/α-hetero) is 1. The first-order valence-corrected chi connectivity index (χ1v) is 11.9. The van der Waals surface area contributed by atoms with E-state index in [1.807, 2.05) is 30.3 Å². The van der Waals surface area contributed by atoms with Crippen molar-refractivity contribution in [1.29, 1.82) is 0 Å². The van der Waals surface area contributed by atoms with Crippen molar-refractivity contribution in [2.75, 3.05) is 5.32 Å². The number of pyridine rings is 1. The zero-order valence-electron chi connectivity index (χ0n) is 18.0. The molecule has 8 heteroatoms. The number of halogens is 2. The van der Waals surface area contributed by atoms with Crippen molar-refractivity contribution in [1.82, 2.24) is 4.98 Å². The molecule has 1 aliphatic carbocycles. The molecular formula is C26H20Cl2N2O4. The smallest absolute Gasteiger partial charge is 0.225 e. The summed E-state index contributed by atoms with van der Waals surface area (Å²) in [5.41, 5.74) is 2.83. The normalized spacial score (nSPS) is 21.6. The van der Waals surface area contributed by atoms with Gasteiger partial charge in [0.2, 0.25) is 5.91 Å². The van der Waals surface area contributed by atoms with Crippen LogP contribution in [0.4, 0.5) is 5.82 Å². The maximum atomic E-state index is 12.7. The van der Waals surface area contributed by atoms with Gasteiger partial charge in [-0.15, -0.1) is 0 Å². The molecule has 1 saturated carbocycles. The summed E-state index contributed by atoms with van der Waals surface area (Å²) >= 11 is 12.0. The Hall–Kier alpha value is -3.09. The second-order valence-corrected chi connectivity index (χ2v) is 9.74. The Kier molecular flexibility index (Phi) is 5.23. The van der Waals surface area contributed by atoms with E-state index >= 15 is 0 Å². The van der Waals surface area contributed by atoms with Crippen molar-refractivity contribution in [2.45, 2.75) is 37.7 Å². The van der Waals surface area contributed by atoms with Crippen molar-refractivity contribution in [3.05, 3.63) is 75.4 Å². The van der Waals surface area contributed by atoms with Crippen LogP contribution in [0.15, 0.2) is 48.7 Å². The van der Waals surface area contributed by atoms with E-state index < -0.39 is 0 Å². The molecule has 1 fully saturated rings. The zero-order valence-corrected chi connectivity index (χ0v) is 19.5. The third-order valence-electron chi connectivity index (χ3n) is 6.65. The summed E-state index contributed by atoms with van der Waals surface area (Å²) in [6, 6.07) is 12.9. The Morgan fingerprint density at radius 1 is 1.12 bits per heavy atom. The first kappa shape index (κ1) is 21.4. The van der Waals surface area contributed by atoms with Gasteiger partial charge in [-0.1, -0.05) is 29.3 Å². The fourth-order valence-electron chi connectivity index (χ4n) is 4.95. The van der Waals surface area contributed by atoms with Crippen LogP contribution in [0.25, 0.3) is 0 Å². The molecule has 1 aromatic heterocycles. The SMILES string of the molecule is O=C(Cc1ccc(Cl)c(Cl)c1)C[C@@H]1[C@H]2Oc3ccc(Oc4ccnc5c4CCC(=O)N5)cc3[C@@H]12. The van der Waals surface area contributed by atoms with Crippen molar-refractivity contribution < 1.29 is 19.1 Å². The Balaban J connectivity index is 1.14. The predicted octanol–water partition coefficient (Wildman–Crippen LogP) is 5.74. The molecule has 1 amide bonds. The largest absolute Gasteiger partial charge is 0.489 e. The lowest BCUT2D eigenvalue weighted by Gasteiger charge is -2.19. The third-order valence-corrected chi connectivity index (χ3v) is 7.39. The van der Waals surface area contributed by atoms with E-state index in [0.29, 0.717) is 53.0 Å². The molecule has 0 saturated heterocycles. The van der Waals surface area contributed by atoms with Gasteiger partial charge in [0.05, 0.1) is 10.0 Å². The van der Waals surface area contributed by atoms with Gasteiger partial charge in [0.1, 0.15) is 35.0 Å². The average Bonchev–Trinajstić information content (AvgIpc) is 3.32. The fraction of sp³-hybridized carbons (Fsp3) is 0.269. The minimum absolute atomic E-state index is 0.0342. The molecule has 3 aromatic rings. The summed E-state index contributed by atoms with van der Waals surface area (Å²) in [6.07, 6.45) is 3.44. The summed E-state index contributed by atoms with van der Waals surface area (Å²) in [5, 5.41) is 3.73. The Morgan fingerprint density at radius 3 is 2.85 bits per heavy atom.